The first-order chi connectivity index (χ1) is 14.3. The van der Waals surface area contributed by atoms with Crippen LogP contribution in [-0.2, 0) is 12.8 Å². The lowest BCUT2D eigenvalue weighted by atomic mass is 10.2. The van der Waals surface area contributed by atoms with Gasteiger partial charge in [-0.05, 0) is 59.7 Å². The van der Waals surface area contributed by atoms with Crippen molar-refractivity contribution < 1.29 is 22.8 Å². The smallest absolute Gasteiger partial charge is 0.417 e. The highest BCUT2D eigenvalue weighted by molar-refractivity contribution is 5.80. The molecule has 0 spiro atoms. The fraction of sp³-hybridized carbons (Fsp3) is 0.100. The number of anilines is 1. The van der Waals surface area contributed by atoms with Gasteiger partial charge < -0.3 is 4.74 Å². The number of nitrogens with one attached hydrogen (secondary N) is 1. The molecular weight excluding hydrogens is 401 g/mol. The van der Waals surface area contributed by atoms with Crippen LogP contribution in [0.25, 0.3) is 0 Å². The molecule has 30 heavy (non-hydrogen) atoms. The van der Waals surface area contributed by atoms with Gasteiger partial charge >= 0.3 is 6.18 Å². The van der Waals surface area contributed by atoms with Crippen molar-refractivity contribution in [3.63, 3.8) is 0 Å². The number of alkyl halides is 3. The highest BCUT2D eigenvalue weighted by Crippen LogP contribution is 2.28. The molecule has 0 saturated carbocycles. The van der Waals surface area contributed by atoms with Crippen molar-refractivity contribution in [2.45, 2.75) is 12.8 Å². The molecule has 1 aromatic heterocycles. The number of rotatable bonds is 7. The zero-order chi connectivity index (χ0) is 21.6. The third kappa shape index (κ3) is 5.77. The van der Waals surface area contributed by atoms with E-state index in [1.165, 1.54) is 24.4 Å². The summed E-state index contributed by atoms with van der Waals surface area (Å²) >= 11 is 0. The molecule has 0 saturated heterocycles. The molecule has 0 fully saturated rings. The van der Waals surface area contributed by atoms with E-state index in [1.807, 2.05) is 0 Å². The summed E-state index contributed by atoms with van der Waals surface area (Å²) < 4.78 is 43.1. The highest BCUT2D eigenvalue weighted by Gasteiger charge is 2.30. The predicted molar refractivity (Wildman–Crippen MR) is 104 cm³/mol. The van der Waals surface area contributed by atoms with Crippen molar-refractivity contribution in [3.05, 3.63) is 93.7 Å². The van der Waals surface area contributed by atoms with Crippen LogP contribution in [0.15, 0.2) is 72.0 Å². The molecule has 10 heteroatoms. The van der Waals surface area contributed by atoms with Crippen LogP contribution < -0.4 is 10.2 Å². The number of aromatic nitrogens is 1. The second kappa shape index (κ2) is 9.03. The number of halogens is 3. The van der Waals surface area contributed by atoms with Gasteiger partial charge in [-0.2, -0.15) is 18.3 Å². The zero-order valence-corrected chi connectivity index (χ0v) is 15.3. The van der Waals surface area contributed by atoms with Crippen molar-refractivity contribution in [1.82, 2.24) is 4.98 Å². The van der Waals surface area contributed by atoms with Gasteiger partial charge in [-0.15, -0.1) is 0 Å². The molecule has 0 aliphatic rings. The van der Waals surface area contributed by atoms with Gasteiger partial charge in [0.05, 0.1) is 16.7 Å². The number of nitro benzene ring substituents is 1. The van der Waals surface area contributed by atoms with Gasteiger partial charge in [-0.3, -0.25) is 15.5 Å². The van der Waals surface area contributed by atoms with Crippen LogP contribution in [0.2, 0.25) is 0 Å². The predicted octanol–water partition coefficient (Wildman–Crippen LogP) is 5.03. The Labute approximate surface area is 169 Å². The van der Waals surface area contributed by atoms with E-state index in [0.29, 0.717) is 5.75 Å². The van der Waals surface area contributed by atoms with Crippen LogP contribution in [0.4, 0.5) is 24.7 Å². The fourth-order valence-corrected chi connectivity index (χ4v) is 2.33. The second-order valence-corrected chi connectivity index (χ2v) is 6.08. The van der Waals surface area contributed by atoms with Gasteiger partial charge in [0.2, 0.25) is 0 Å². The van der Waals surface area contributed by atoms with Crippen molar-refractivity contribution in [2.24, 2.45) is 5.10 Å². The highest BCUT2D eigenvalue weighted by atomic mass is 19.4. The molecule has 3 aromatic rings. The Morgan fingerprint density at radius 3 is 2.33 bits per heavy atom. The summed E-state index contributed by atoms with van der Waals surface area (Å²) in [5.74, 6) is 0.783. The maximum absolute atomic E-state index is 12.5. The quantitative estimate of drug-likeness (QED) is 0.331. The molecule has 1 heterocycles. The largest absolute Gasteiger partial charge is 0.489 e. The van der Waals surface area contributed by atoms with Gasteiger partial charge in [0, 0.05) is 18.3 Å². The van der Waals surface area contributed by atoms with Crippen molar-refractivity contribution in [2.75, 3.05) is 5.43 Å². The van der Waals surface area contributed by atoms with E-state index in [9.17, 15) is 23.3 Å². The molecule has 0 atom stereocenters. The monoisotopic (exact) mass is 416 g/mol. The number of benzene rings is 2. The topological polar surface area (TPSA) is 89.7 Å². The molecule has 154 valence electrons. The number of hydrazone groups is 1. The average Bonchev–Trinajstić information content (AvgIpc) is 2.73. The van der Waals surface area contributed by atoms with Gasteiger partial charge in [-0.25, -0.2) is 4.98 Å². The molecule has 1 N–H and O–H groups in total. The summed E-state index contributed by atoms with van der Waals surface area (Å²) in [6.07, 6.45) is -2.22. The summed E-state index contributed by atoms with van der Waals surface area (Å²) in [6, 6.07) is 15.1. The first-order valence-electron chi connectivity index (χ1n) is 8.60. The molecule has 0 aliphatic carbocycles. The summed E-state index contributed by atoms with van der Waals surface area (Å²) in [4.78, 5) is 13.8. The molecular formula is C20H15F3N4O3. The molecule has 0 aliphatic heterocycles. The minimum absolute atomic E-state index is 0.0162. The molecule has 0 amide bonds. The molecule has 0 bridgehead atoms. The second-order valence-electron chi connectivity index (χ2n) is 6.08. The molecule has 0 unspecified atom stereocenters. The molecule has 0 radical (unpaired) electrons. The minimum atomic E-state index is -4.43. The Morgan fingerprint density at radius 1 is 1.07 bits per heavy atom. The van der Waals surface area contributed by atoms with E-state index in [4.69, 9.17) is 4.74 Å². The van der Waals surface area contributed by atoms with Crippen LogP contribution in [0.5, 0.6) is 5.75 Å². The number of nitro groups is 1. The maximum atomic E-state index is 12.5. The third-order valence-corrected chi connectivity index (χ3v) is 3.92. The van der Waals surface area contributed by atoms with Crippen molar-refractivity contribution in [3.8, 4) is 5.75 Å². The molecule has 3 rings (SSSR count). The molecule has 2 aromatic carbocycles. The van der Waals surface area contributed by atoms with Gasteiger partial charge in [0.1, 0.15) is 18.2 Å². The Balaban J connectivity index is 1.51. The van der Waals surface area contributed by atoms with E-state index in [2.05, 4.69) is 15.5 Å². The zero-order valence-electron chi connectivity index (χ0n) is 15.3. The van der Waals surface area contributed by atoms with Gasteiger partial charge in [-0.1, -0.05) is 0 Å². The lowest BCUT2D eigenvalue weighted by Crippen LogP contribution is -2.05. The summed E-state index contributed by atoms with van der Waals surface area (Å²) in [5.41, 5.74) is 3.27. The number of hydrogen-bond acceptors (Lipinski definition) is 6. The lowest BCUT2D eigenvalue weighted by Gasteiger charge is -2.07. The summed E-state index contributed by atoms with van der Waals surface area (Å²) in [7, 11) is 0. The van der Waals surface area contributed by atoms with Crippen molar-refractivity contribution >= 4 is 17.7 Å². The third-order valence-electron chi connectivity index (χ3n) is 3.92. The van der Waals surface area contributed by atoms with Crippen LogP contribution >= 0.6 is 0 Å². The van der Waals surface area contributed by atoms with E-state index < -0.39 is 16.7 Å². The van der Waals surface area contributed by atoms with E-state index in [1.54, 1.807) is 36.4 Å². The van der Waals surface area contributed by atoms with E-state index in [-0.39, 0.29) is 18.1 Å². The molecule has 7 nitrogen and oxygen atoms in total. The normalized spacial score (nSPS) is 11.4. The number of non-ortho nitro benzene ring substituents is 1. The summed E-state index contributed by atoms with van der Waals surface area (Å²) in [5, 5.41) is 14.6. The SMILES string of the molecule is O=[N+]([O-])c1ccc(COc2ccc(/C=N\Nc3ccc(C(F)(F)F)cn3)cc2)cc1. The fourth-order valence-electron chi connectivity index (χ4n) is 2.33. The number of nitrogens with zero attached hydrogens (tertiary/aromatic N) is 3. The van der Waals surface area contributed by atoms with Gasteiger partial charge in [0.15, 0.2) is 0 Å². The van der Waals surface area contributed by atoms with Crippen LogP contribution in [0, 0.1) is 10.1 Å². The number of pyridine rings is 1. The van der Waals surface area contributed by atoms with Gasteiger partial charge in [0.25, 0.3) is 5.69 Å². The first kappa shape index (κ1) is 20.8. The van der Waals surface area contributed by atoms with E-state index in [0.717, 1.165) is 23.4 Å². The Kier molecular flexibility index (Phi) is 6.26. The van der Waals surface area contributed by atoms with Crippen LogP contribution in [0.3, 0.4) is 0 Å². The lowest BCUT2D eigenvalue weighted by molar-refractivity contribution is -0.384. The minimum Gasteiger partial charge on any atom is -0.489 e. The maximum Gasteiger partial charge on any atom is 0.417 e. The van der Waals surface area contributed by atoms with Crippen LogP contribution in [-0.4, -0.2) is 16.1 Å². The number of hydrogen-bond donors (Lipinski definition) is 1. The Hall–Kier alpha value is -3.95. The van der Waals surface area contributed by atoms with Crippen LogP contribution in [0.1, 0.15) is 16.7 Å². The van der Waals surface area contributed by atoms with Crippen molar-refractivity contribution in [1.29, 1.82) is 0 Å². The Morgan fingerprint density at radius 2 is 1.77 bits per heavy atom. The van der Waals surface area contributed by atoms with E-state index >= 15 is 0 Å². The number of ether oxygens (including phenoxy) is 1. The first-order valence-corrected chi connectivity index (χ1v) is 8.60. The summed E-state index contributed by atoms with van der Waals surface area (Å²) in [6.45, 7) is 0.257. The average molecular weight is 416 g/mol. The standard InChI is InChI=1S/C20H15F3N4O3/c21-20(22,23)16-5-10-19(24-12-16)26-25-11-14-3-8-18(9-4-14)30-13-15-1-6-17(7-2-15)27(28)29/h1-12H,13H2,(H,24,26)/b25-11-. The Bertz CT molecular complexity index is 1020.